The molecule has 0 bridgehead atoms. The minimum atomic E-state index is -1.25. The second-order valence-electron chi connectivity index (χ2n) is 9.54. The smallest absolute Gasteiger partial charge is 0.267 e. The summed E-state index contributed by atoms with van der Waals surface area (Å²) in [7, 11) is 0. The van der Waals surface area contributed by atoms with Crippen LogP contribution in [0.5, 0.6) is 5.75 Å². The lowest BCUT2D eigenvalue weighted by molar-refractivity contribution is -0.120. The van der Waals surface area contributed by atoms with E-state index in [1.807, 2.05) is 13.8 Å². The maximum Gasteiger partial charge on any atom is 0.267 e. The second-order valence-corrected chi connectivity index (χ2v) is 9.54. The van der Waals surface area contributed by atoms with Gasteiger partial charge >= 0.3 is 0 Å². The Morgan fingerprint density at radius 2 is 1.94 bits per heavy atom. The van der Waals surface area contributed by atoms with Crippen molar-refractivity contribution in [1.29, 1.82) is 0 Å². The Balaban J connectivity index is 1.65. The van der Waals surface area contributed by atoms with E-state index in [2.05, 4.69) is 10.3 Å². The van der Waals surface area contributed by atoms with E-state index in [1.165, 1.54) is 29.3 Å². The molecule has 3 N–H and O–H groups in total. The van der Waals surface area contributed by atoms with Crippen LogP contribution < -0.4 is 15.8 Å². The van der Waals surface area contributed by atoms with Gasteiger partial charge in [0.1, 0.15) is 11.7 Å². The first-order valence-corrected chi connectivity index (χ1v) is 11.0. The van der Waals surface area contributed by atoms with E-state index in [4.69, 9.17) is 10.5 Å². The van der Waals surface area contributed by atoms with Crippen LogP contribution in [0.3, 0.4) is 0 Å². The van der Waals surface area contributed by atoms with Crippen molar-refractivity contribution >= 4 is 23.4 Å². The molecule has 0 radical (unpaired) electrons. The first kappa shape index (κ1) is 23.6. The number of carbonyl (C=O) groups excluding carboxylic acids is 3. The Hall–Kier alpha value is -3.56. The van der Waals surface area contributed by atoms with E-state index in [-0.39, 0.29) is 35.1 Å². The third-order valence-electron chi connectivity index (χ3n) is 6.65. The summed E-state index contributed by atoms with van der Waals surface area (Å²) in [6.07, 6.45) is 0.840. The molecule has 1 saturated carbocycles. The molecule has 8 nitrogen and oxygen atoms in total. The highest BCUT2D eigenvalue weighted by molar-refractivity contribution is 6.04. The molecule has 2 aliphatic rings. The van der Waals surface area contributed by atoms with Crippen molar-refractivity contribution in [1.82, 2.24) is 9.88 Å². The molecule has 0 spiro atoms. The fourth-order valence-corrected chi connectivity index (χ4v) is 4.86. The molecule has 2 fully saturated rings. The Morgan fingerprint density at radius 1 is 1.24 bits per heavy atom. The average Bonchev–Trinajstić information content (AvgIpc) is 3.10. The number of hydrogen-bond acceptors (Lipinski definition) is 5. The molecule has 0 unspecified atom stereocenters. The molecule has 3 atom stereocenters. The summed E-state index contributed by atoms with van der Waals surface area (Å²) >= 11 is 0. The zero-order valence-corrected chi connectivity index (χ0v) is 19.3. The number of piperidine rings is 1. The number of nitrogens with one attached hydrogen (secondary N) is 1. The van der Waals surface area contributed by atoms with Gasteiger partial charge in [0.15, 0.2) is 11.6 Å². The lowest BCUT2D eigenvalue weighted by Gasteiger charge is -2.30. The molecule has 2 heterocycles. The largest absolute Gasteiger partial charge is 0.487 e. The van der Waals surface area contributed by atoms with Gasteiger partial charge in [0.25, 0.3) is 11.8 Å². The molecular formula is C24H26F2N4O4. The number of ether oxygens (including phenoxy) is 1. The summed E-state index contributed by atoms with van der Waals surface area (Å²) in [6, 6.07) is 4.04. The van der Waals surface area contributed by atoms with E-state index in [9.17, 15) is 23.2 Å². The van der Waals surface area contributed by atoms with Crippen LogP contribution in [0.15, 0.2) is 30.5 Å². The van der Waals surface area contributed by atoms with Crippen molar-refractivity contribution in [3.63, 3.8) is 0 Å². The zero-order valence-electron chi connectivity index (χ0n) is 19.3. The summed E-state index contributed by atoms with van der Waals surface area (Å²) in [5.41, 5.74) is 5.24. The number of benzene rings is 1. The van der Waals surface area contributed by atoms with Crippen molar-refractivity contribution in [2.75, 3.05) is 11.9 Å². The van der Waals surface area contributed by atoms with E-state index >= 15 is 0 Å². The van der Waals surface area contributed by atoms with Gasteiger partial charge in [-0.25, -0.2) is 4.39 Å². The zero-order chi connectivity index (χ0) is 24.9. The van der Waals surface area contributed by atoms with Gasteiger partial charge in [-0.15, -0.1) is 0 Å². The van der Waals surface area contributed by atoms with Gasteiger partial charge < -0.3 is 20.7 Å². The van der Waals surface area contributed by atoms with Crippen molar-refractivity contribution < 1.29 is 27.9 Å². The van der Waals surface area contributed by atoms with Crippen LogP contribution in [0.4, 0.5) is 14.5 Å². The molecule has 180 valence electrons. The van der Waals surface area contributed by atoms with Crippen molar-refractivity contribution in [2.45, 2.75) is 39.8 Å². The number of primary amides is 1. The molecule has 1 saturated heterocycles. The maximum absolute atomic E-state index is 14.5. The number of anilines is 1. The van der Waals surface area contributed by atoms with Crippen LogP contribution in [0, 0.1) is 28.9 Å². The first-order valence-electron chi connectivity index (χ1n) is 11.0. The highest BCUT2D eigenvalue weighted by atomic mass is 19.2. The fourth-order valence-electron chi connectivity index (χ4n) is 4.86. The van der Waals surface area contributed by atoms with Crippen LogP contribution in [0.25, 0.3) is 0 Å². The number of nitrogens with zero attached hydrogens (tertiary/aromatic N) is 2. The minimum absolute atomic E-state index is 0.0148. The van der Waals surface area contributed by atoms with E-state index in [0.717, 1.165) is 6.07 Å². The number of aromatic nitrogens is 1. The molecule has 1 aromatic heterocycles. The maximum atomic E-state index is 14.5. The molecule has 34 heavy (non-hydrogen) atoms. The summed E-state index contributed by atoms with van der Waals surface area (Å²) in [4.78, 5) is 43.5. The number of nitrogens with two attached hydrogens (primary N) is 1. The summed E-state index contributed by atoms with van der Waals surface area (Å²) in [5.74, 6) is -4.71. The molecule has 2 aromatic rings. The first-order chi connectivity index (χ1) is 15.9. The van der Waals surface area contributed by atoms with Gasteiger partial charge in [0.05, 0.1) is 11.7 Å². The monoisotopic (exact) mass is 472 g/mol. The second kappa shape index (κ2) is 8.34. The predicted octanol–water partition coefficient (Wildman–Crippen LogP) is 2.98. The minimum Gasteiger partial charge on any atom is -0.487 e. The standard InChI is InChI=1S/C24H26F2N4O4/c1-11(2)34-20-13(5-6-15(25)18(20)26)23(33)30-10-14-17(24(14,3)4)19(30)22(32)29-12-7-8-28-16(9-12)21(27)31/h5-9,11,14,17,19H,10H2,1-4H3,(H2,27,31)(H,28,29,32)/t14-,17-,19-/m0/s1. The number of amides is 3. The summed E-state index contributed by atoms with van der Waals surface area (Å²) in [5, 5.41) is 2.73. The van der Waals surface area contributed by atoms with Crippen molar-refractivity contribution in [3.8, 4) is 5.75 Å². The number of pyridine rings is 1. The van der Waals surface area contributed by atoms with Crippen molar-refractivity contribution in [3.05, 3.63) is 53.4 Å². The molecular weight excluding hydrogens is 446 g/mol. The van der Waals surface area contributed by atoms with Gasteiger partial charge in [-0.3, -0.25) is 19.4 Å². The number of likely N-dealkylation sites (tertiary alicyclic amines) is 1. The number of rotatable bonds is 6. The number of fused-ring (bicyclic) bond motifs is 1. The Kier molecular flexibility index (Phi) is 5.79. The van der Waals surface area contributed by atoms with E-state index in [1.54, 1.807) is 13.8 Å². The van der Waals surface area contributed by atoms with Gasteiger partial charge in [-0.2, -0.15) is 4.39 Å². The van der Waals surface area contributed by atoms with Crippen LogP contribution in [-0.4, -0.2) is 46.3 Å². The van der Waals surface area contributed by atoms with Crippen LogP contribution in [0.2, 0.25) is 0 Å². The molecule has 4 rings (SSSR count). The van der Waals surface area contributed by atoms with Gasteiger partial charge in [-0.05, 0) is 55.4 Å². The van der Waals surface area contributed by atoms with Crippen LogP contribution >= 0.6 is 0 Å². The summed E-state index contributed by atoms with van der Waals surface area (Å²) in [6.45, 7) is 7.60. The van der Waals surface area contributed by atoms with Crippen LogP contribution in [-0.2, 0) is 4.79 Å². The van der Waals surface area contributed by atoms with Crippen LogP contribution in [0.1, 0.15) is 48.5 Å². The van der Waals surface area contributed by atoms with E-state index in [0.29, 0.717) is 5.69 Å². The van der Waals surface area contributed by atoms with Crippen molar-refractivity contribution in [2.24, 2.45) is 23.0 Å². The topological polar surface area (TPSA) is 115 Å². The number of carbonyl (C=O) groups is 3. The van der Waals surface area contributed by atoms with Gasteiger partial charge in [0, 0.05) is 18.4 Å². The molecule has 1 aliphatic carbocycles. The quantitative estimate of drug-likeness (QED) is 0.671. The normalized spacial score (nSPS) is 22.3. The Bertz CT molecular complexity index is 1180. The lowest BCUT2D eigenvalue weighted by Crippen LogP contribution is -2.47. The Morgan fingerprint density at radius 3 is 2.59 bits per heavy atom. The van der Waals surface area contributed by atoms with Gasteiger partial charge in [-0.1, -0.05) is 13.8 Å². The fraction of sp³-hybridized carbons (Fsp3) is 0.417. The average molecular weight is 472 g/mol. The number of hydrogen-bond donors (Lipinski definition) is 2. The molecule has 10 heteroatoms. The van der Waals surface area contributed by atoms with E-state index < -0.39 is 47.3 Å². The predicted molar refractivity (Wildman–Crippen MR) is 119 cm³/mol. The highest BCUT2D eigenvalue weighted by Gasteiger charge is 2.69. The SMILES string of the molecule is CC(C)Oc1c(C(=O)N2C[C@H]3[C@@H]([C@H]2C(=O)Nc2ccnc(C(N)=O)c2)C3(C)C)ccc(F)c1F. The molecule has 1 aliphatic heterocycles. The third kappa shape index (κ3) is 3.97. The highest BCUT2D eigenvalue weighted by Crippen LogP contribution is 2.65. The number of halogens is 2. The lowest BCUT2D eigenvalue weighted by atomic mass is 9.99. The van der Waals surface area contributed by atoms with Gasteiger partial charge in [0.2, 0.25) is 11.7 Å². The summed E-state index contributed by atoms with van der Waals surface area (Å²) < 4.78 is 33.8. The Labute approximate surface area is 195 Å². The molecule has 3 amide bonds. The molecule has 1 aromatic carbocycles. The third-order valence-corrected chi connectivity index (χ3v) is 6.65.